The molecular weight excluding hydrogens is 397 g/mol. The zero-order chi connectivity index (χ0) is 20.6. The number of carbonyl (C=O) groups is 2. The zero-order valence-corrected chi connectivity index (χ0v) is 15.3. The molecule has 1 amide bonds. The maximum absolute atomic E-state index is 13.9. The molecule has 3 aromatic rings. The zero-order valence-electron chi connectivity index (χ0n) is 14.5. The number of aromatic nitrogens is 1. The molecule has 1 aromatic heterocycles. The van der Waals surface area contributed by atoms with Crippen molar-refractivity contribution in [1.82, 2.24) is 4.57 Å². The van der Waals surface area contributed by atoms with Gasteiger partial charge < -0.3 is 10.5 Å². The monoisotopic (exact) mass is 410 g/mol. The molecule has 5 nitrogen and oxygen atoms in total. The summed E-state index contributed by atoms with van der Waals surface area (Å²) >= 11 is 5.79. The van der Waals surface area contributed by atoms with E-state index in [0.717, 1.165) is 0 Å². The van der Waals surface area contributed by atoms with Crippen molar-refractivity contribution in [2.75, 3.05) is 7.11 Å². The second-order valence-electron chi connectivity index (χ2n) is 6.00. The van der Waals surface area contributed by atoms with Crippen LogP contribution in [0.15, 0.2) is 42.5 Å². The number of hydrogen-bond acceptors (Lipinski definition) is 3. The van der Waals surface area contributed by atoms with Gasteiger partial charge in [0.05, 0.1) is 19.0 Å². The van der Waals surface area contributed by atoms with Gasteiger partial charge in [-0.3, -0.25) is 14.2 Å². The lowest BCUT2D eigenvalue weighted by Gasteiger charge is -2.14. The van der Waals surface area contributed by atoms with Crippen LogP contribution in [0.2, 0.25) is 5.02 Å². The summed E-state index contributed by atoms with van der Waals surface area (Å²) in [6.07, 6.45) is -5.58. The number of alkyl halides is 3. The van der Waals surface area contributed by atoms with E-state index in [9.17, 15) is 22.8 Å². The molecule has 146 valence electrons. The SMILES string of the molecule is COc1ccc2c(c1)c(CC(N)=O)c(C(F)(F)F)n2C(=O)c1ccc(Cl)cc1. The lowest BCUT2D eigenvalue weighted by Crippen LogP contribution is -2.23. The number of halogens is 4. The fourth-order valence-corrected chi connectivity index (χ4v) is 3.17. The molecule has 2 aromatic carbocycles. The molecule has 0 aliphatic rings. The van der Waals surface area contributed by atoms with Crippen molar-refractivity contribution in [2.24, 2.45) is 5.73 Å². The van der Waals surface area contributed by atoms with E-state index in [2.05, 4.69) is 0 Å². The quantitative estimate of drug-likeness (QED) is 0.705. The molecule has 0 aliphatic carbocycles. The van der Waals surface area contributed by atoms with E-state index in [0.29, 0.717) is 9.59 Å². The molecule has 0 saturated heterocycles. The third-order valence-electron chi connectivity index (χ3n) is 4.19. The van der Waals surface area contributed by atoms with Gasteiger partial charge in [-0.25, -0.2) is 0 Å². The molecule has 2 N–H and O–H groups in total. The van der Waals surface area contributed by atoms with Crippen LogP contribution in [0.5, 0.6) is 5.75 Å². The molecule has 0 atom stereocenters. The van der Waals surface area contributed by atoms with Crippen LogP contribution in [0.25, 0.3) is 10.9 Å². The second-order valence-corrected chi connectivity index (χ2v) is 6.43. The van der Waals surface area contributed by atoms with E-state index in [1.807, 2.05) is 0 Å². The molecule has 0 radical (unpaired) electrons. The molecule has 0 unspecified atom stereocenters. The molecule has 0 fully saturated rings. The Balaban J connectivity index is 2.38. The fraction of sp³-hybridized carbons (Fsp3) is 0.158. The van der Waals surface area contributed by atoms with Crippen LogP contribution in [-0.4, -0.2) is 23.5 Å². The minimum atomic E-state index is -4.90. The van der Waals surface area contributed by atoms with Gasteiger partial charge in [-0.15, -0.1) is 0 Å². The maximum atomic E-state index is 13.9. The van der Waals surface area contributed by atoms with Crippen molar-refractivity contribution in [2.45, 2.75) is 12.6 Å². The van der Waals surface area contributed by atoms with Crippen LogP contribution in [-0.2, 0) is 17.4 Å². The first kappa shape index (κ1) is 19.8. The number of carbonyl (C=O) groups excluding carboxylic acids is 2. The van der Waals surface area contributed by atoms with Gasteiger partial charge in [0.2, 0.25) is 5.91 Å². The number of rotatable bonds is 4. The van der Waals surface area contributed by atoms with Crippen molar-refractivity contribution in [3.05, 3.63) is 64.3 Å². The summed E-state index contributed by atoms with van der Waals surface area (Å²) in [7, 11) is 1.36. The number of amides is 1. The van der Waals surface area contributed by atoms with E-state index in [-0.39, 0.29) is 27.8 Å². The first-order valence-corrected chi connectivity index (χ1v) is 8.38. The average molecular weight is 411 g/mol. The summed E-state index contributed by atoms with van der Waals surface area (Å²) in [5.74, 6) is -1.58. The van der Waals surface area contributed by atoms with Crippen molar-refractivity contribution < 1.29 is 27.5 Å². The van der Waals surface area contributed by atoms with Gasteiger partial charge in [0.1, 0.15) is 11.4 Å². The van der Waals surface area contributed by atoms with Gasteiger partial charge in [-0.05, 0) is 42.5 Å². The van der Waals surface area contributed by atoms with Gasteiger partial charge in [0.15, 0.2) is 0 Å². The largest absolute Gasteiger partial charge is 0.497 e. The van der Waals surface area contributed by atoms with Gasteiger partial charge in [0, 0.05) is 21.5 Å². The fourth-order valence-electron chi connectivity index (χ4n) is 3.05. The second kappa shape index (κ2) is 7.20. The van der Waals surface area contributed by atoms with Crippen molar-refractivity contribution in [3.63, 3.8) is 0 Å². The van der Waals surface area contributed by atoms with E-state index >= 15 is 0 Å². The average Bonchev–Trinajstić information content (AvgIpc) is 2.95. The number of nitrogens with zero attached hydrogens (tertiary/aromatic N) is 1. The van der Waals surface area contributed by atoms with Crippen LogP contribution >= 0.6 is 11.6 Å². The molecule has 0 spiro atoms. The van der Waals surface area contributed by atoms with Crippen molar-refractivity contribution >= 4 is 34.3 Å². The summed E-state index contributed by atoms with van der Waals surface area (Å²) in [5.41, 5.74) is 3.54. The molecule has 0 bridgehead atoms. The maximum Gasteiger partial charge on any atom is 0.432 e. The summed E-state index contributed by atoms with van der Waals surface area (Å²) < 4.78 is 47.4. The number of ether oxygens (including phenoxy) is 1. The number of primary amides is 1. The Morgan fingerprint density at radius 3 is 2.32 bits per heavy atom. The Bertz CT molecular complexity index is 1070. The topological polar surface area (TPSA) is 74.3 Å². The number of hydrogen-bond donors (Lipinski definition) is 1. The predicted molar refractivity (Wildman–Crippen MR) is 97.6 cm³/mol. The Morgan fingerprint density at radius 1 is 1.14 bits per heavy atom. The molecule has 3 rings (SSSR count). The molecule has 9 heteroatoms. The summed E-state index contributed by atoms with van der Waals surface area (Å²) in [4.78, 5) is 24.4. The van der Waals surface area contributed by atoms with Crippen molar-refractivity contribution in [1.29, 1.82) is 0 Å². The van der Waals surface area contributed by atoms with Gasteiger partial charge in [-0.2, -0.15) is 13.2 Å². The van der Waals surface area contributed by atoms with E-state index in [1.54, 1.807) is 0 Å². The van der Waals surface area contributed by atoms with E-state index < -0.39 is 30.1 Å². The van der Waals surface area contributed by atoms with Gasteiger partial charge in [0.25, 0.3) is 5.91 Å². The Hall–Kier alpha value is -3.00. The molecule has 28 heavy (non-hydrogen) atoms. The third-order valence-corrected chi connectivity index (χ3v) is 4.44. The highest BCUT2D eigenvalue weighted by Gasteiger charge is 2.41. The highest BCUT2D eigenvalue weighted by atomic mass is 35.5. The molecule has 0 aliphatic heterocycles. The highest BCUT2D eigenvalue weighted by molar-refractivity contribution is 6.30. The van der Waals surface area contributed by atoms with E-state index in [4.69, 9.17) is 22.1 Å². The summed E-state index contributed by atoms with van der Waals surface area (Å²) in [6.45, 7) is 0. The highest BCUT2D eigenvalue weighted by Crippen LogP contribution is 2.40. The first-order valence-electron chi connectivity index (χ1n) is 8.00. The number of methoxy groups -OCH3 is 1. The van der Waals surface area contributed by atoms with Crippen LogP contribution in [0.1, 0.15) is 21.6 Å². The van der Waals surface area contributed by atoms with E-state index in [1.165, 1.54) is 49.6 Å². The van der Waals surface area contributed by atoms with Crippen LogP contribution in [0.3, 0.4) is 0 Å². The van der Waals surface area contributed by atoms with Gasteiger partial charge >= 0.3 is 6.18 Å². The Morgan fingerprint density at radius 2 is 1.79 bits per heavy atom. The van der Waals surface area contributed by atoms with Crippen LogP contribution in [0, 0.1) is 0 Å². The Labute approximate surface area is 162 Å². The Kier molecular flexibility index (Phi) is 5.08. The number of benzene rings is 2. The standard InChI is InChI=1S/C19H14ClF3N2O3/c1-28-12-6-7-15-13(8-12)14(9-16(24)26)17(19(21,22)23)25(15)18(27)10-2-4-11(20)5-3-10/h2-8H,9H2,1H3,(H2,24,26). The number of fused-ring (bicyclic) bond motifs is 1. The normalized spacial score (nSPS) is 11.6. The summed E-state index contributed by atoms with van der Waals surface area (Å²) in [5, 5.41) is 0.400. The minimum Gasteiger partial charge on any atom is -0.497 e. The lowest BCUT2D eigenvalue weighted by atomic mass is 10.1. The smallest absolute Gasteiger partial charge is 0.432 e. The van der Waals surface area contributed by atoms with Gasteiger partial charge in [-0.1, -0.05) is 11.6 Å². The molecule has 0 saturated carbocycles. The molecular formula is C19H14ClF3N2O3. The van der Waals surface area contributed by atoms with Crippen LogP contribution in [0.4, 0.5) is 13.2 Å². The third kappa shape index (κ3) is 3.55. The lowest BCUT2D eigenvalue weighted by molar-refractivity contribution is -0.142. The first-order chi connectivity index (χ1) is 13.1. The molecule has 1 heterocycles. The summed E-state index contributed by atoms with van der Waals surface area (Å²) in [6, 6.07) is 9.57. The predicted octanol–water partition coefficient (Wildman–Crippen LogP) is 4.04. The number of nitrogens with two attached hydrogens (primary N) is 1. The van der Waals surface area contributed by atoms with Crippen LogP contribution < -0.4 is 10.5 Å². The van der Waals surface area contributed by atoms with Crippen molar-refractivity contribution in [3.8, 4) is 5.75 Å². The minimum absolute atomic E-state index is 0.00763.